The Kier molecular flexibility index (Phi) is 2.77. The van der Waals surface area contributed by atoms with Gasteiger partial charge in [-0.25, -0.2) is 4.98 Å². The van der Waals surface area contributed by atoms with Gasteiger partial charge >= 0.3 is 0 Å². The van der Waals surface area contributed by atoms with E-state index in [1.807, 2.05) is 24.1 Å². The van der Waals surface area contributed by atoms with E-state index < -0.39 is 0 Å². The van der Waals surface area contributed by atoms with Gasteiger partial charge in [-0.05, 0) is 33.2 Å². The molecule has 0 saturated heterocycles. The topological polar surface area (TPSA) is 31.9 Å². The minimum Gasteiger partial charge on any atom is -0.359 e. The maximum absolute atomic E-state index is 4.33. The minimum absolute atomic E-state index is 0.925. The number of benzene rings is 1. The van der Waals surface area contributed by atoms with Crippen LogP contribution >= 0.6 is 9.39 Å². The van der Waals surface area contributed by atoms with Gasteiger partial charge in [0.15, 0.2) is 0 Å². The Morgan fingerprint density at radius 2 is 1.94 bits per heavy atom. The van der Waals surface area contributed by atoms with Crippen molar-refractivity contribution in [2.24, 2.45) is 0 Å². The standard InChI is InChI=1S/C14H14N3P/c1-17(18)13-5-3-2-4-11(13)10-6-8-15-14-12(10)7-9-16-14/h2-9H,18H2,1H3,(H,15,16). The molecule has 0 radical (unpaired) electrons. The van der Waals surface area contributed by atoms with E-state index in [9.17, 15) is 0 Å². The zero-order valence-electron chi connectivity index (χ0n) is 10.1. The van der Waals surface area contributed by atoms with Gasteiger partial charge in [-0.2, -0.15) is 0 Å². The third kappa shape index (κ3) is 1.77. The second-order valence-electron chi connectivity index (χ2n) is 4.23. The van der Waals surface area contributed by atoms with Crippen molar-refractivity contribution >= 4 is 26.1 Å². The Morgan fingerprint density at radius 1 is 1.11 bits per heavy atom. The second-order valence-corrected chi connectivity index (χ2v) is 5.00. The van der Waals surface area contributed by atoms with E-state index in [-0.39, 0.29) is 0 Å². The van der Waals surface area contributed by atoms with Gasteiger partial charge in [0, 0.05) is 36.1 Å². The molecule has 18 heavy (non-hydrogen) atoms. The fourth-order valence-electron chi connectivity index (χ4n) is 2.20. The van der Waals surface area contributed by atoms with Crippen LogP contribution in [0.2, 0.25) is 0 Å². The summed E-state index contributed by atoms with van der Waals surface area (Å²) in [6.07, 6.45) is 3.77. The van der Waals surface area contributed by atoms with Crippen molar-refractivity contribution in [3.8, 4) is 11.1 Å². The quantitative estimate of drug-likeness (QED) is 0.711. The van der Waals surface area contributed by atoms with Crippen molar-refractivity contribution in [2.45, 2.75) is 0 Å². The Bertz CT molecular complexity index is 688. The first kappa shape index (κ1) is 11.2. The minimum atomic E-state index is 0.925. The van der Waals surface area contributed by atoms with Crippen molar-refractivity contribution in [1.82, 2.24) is 9.97 Å². The third-order valence-corrected chi connectivity index (χ3v) is 3.31. The molecule has 0 aliphatic heterocycles. The van der Waals surface area contributed by atoms with Crippen LogP contribution in [0.1, 0.15) is 0 Å². The monoisotopic (exact) mass is 255 g/mol. The molecule has 1 aromatic carbocycles. The molecule has 1 N–H and O–H groups in total. The third-order valence-electron chi connectivity index (χ3n) is 3.03. The SMILES string of the molecule is CN(P)c1ccccc1-c1ccnc2[nH]ccc12. The molecule has 0 saturated carbocycles. The maximum atomic E-state index is 4.33. The molecule has 2 aromatic heterocycles. The van der Waals surface area contributed by atoms with Gasteiger partial charge in [-0.15, -0.1) is 0 Å². The molecule has 90 valence electrons. The molecule has 0 amide bonds. The number of fused-ring (bicyclic) bond motifs is 1. The van der Waals surface area contributed by atoms with Crippen molar-refractivity contribution in [1.29, 1.82) is 0 Å². The molecule has 1 unspecified atom stereocenters. The summed E-state index contributed by atoms with van der Waals surface area (Å²) >= 11 is 0. The van der Waals surface area contributed by atoms with Gasteiger partial charge in [0.1, 0.15) is 5.65 Å². The summed E-state index contributed by atoms with van der Waals surface area (Å²) in [5, 5.41) is 1.15. The molecule has 2 heterocycles. The van der Waals surface area contributed by atoms with Gasteiger partial charge in [0.05, 0.1) is 0 Å². The number of anilines is 1. The normalized spacial score (nSPS) is 10.8. The van der Waals surface area contributed by atoms with Gasteiger partial charge < -0.3 is 9.65 Å². The summed E-state index contributed by atoms with van der Waals surface area (Å²) in [7, 11) is 4.73. The number of hydrogen-bond donors (Lipinski definition) is 1. The highest BCUT2D eigenvalue weighted by atomic mass is 31.0. The van der Waals surface area contributed by atoms with E-state index in [0.29, 0.717) is 0 Å². The van der Waals surface area contributed by atoms with Crippen LogP contribution in [0.4, 0.5) is 5.69 Å². The number of para-hydroxylation sites is 1. The van der Waals surface area contributed by atoms with Gasteiger partial charge in [-0.3, -0.25) is 0 Å². The molecule has 0 aliphatic carbocycles. The molecular formula is C14H14N3P. The van der Waals surface area contributed by atoms with E-state index in [4.69, 9.17) is 0 Å². The van der Waals surface area contributed by atoms with Crippen LogP contribution in [0.5, 0.6) is 0 Å². The summed E-state index contributed by atoms with van der Waals surface area (Å²) in [6, 6.07) is 12.5. The first-order chi connectivity index (χ1) is 8.77. The maximum Gasteiger partial charge on any atom is 0.137 e. The molecule has 0 spiro atoms. The van der Waals surface area contributed by atoms with Crippen LogP contribution in [-0.2, 0) is 0 Å². The van der Waals surface area contributed by atoms with Crippen LogP contribution in [-0.4, -0.2) is 17.0 Å². The van der Waals surface area contributed by atoms with Crippen LogP contribution in [0.3, 0.4) is 0 Å². The number of hydrogen-bond acceptors (Lipinski definition) is 2. The fourth-order valence-corrected chi connectivity index (χ4v) is 2.43. The number of nitrogens with one attached hydrogen (secondary N) is 1. The zero-order chi connectivity index (χ0) is 12.5. The smallest absolute Gasteiger partial charge is 0.137 e. The lowest BCUT2D eigenvalue weighted by atomic mass is 10.0. The number of rotatable bonds is 2. The van der Waals surface area contributed by atoms with Crippen molar-refractivity contribution in [3.63, 3.8) is 0 Å². The highest BCUT2D eigenvalue weighted by molar-refractivity contribution is 7.19. The highest BCUT2D eigenvalue weighted by Gasteiger charge is 2.10. The largest absolute Gasteiger partial charge is 0.359 e. The first-order valence-corrected chi connectivity index (χ1v) is 6.29. The Morgan fingerprint density at radius 3 is 2.78 bits per heavy atom. The van der Waals surface area contributed by atoms with Gasteiger partial charge in [0.25, 0.3) is 0 Å². The number of nitrogens with zero attached hydrogens (tertiary/aromatic N) is 2. The van der Waals surface area contributed by atoms with Crippen LogP contribution in [0.25, 0.3) is 22.2 Å². The number of pyridine rings is 1. The summed E-state index contributed by atoms with van der Waals surface area (Å²) in [4.78, 5) is 7.48. The van der Waals surface area contributed by atoms with Gasteiger partial charge in [0.2, 0.25) is 0 Å². The van der Waals surface area contributed by atoms with Crippen molar-refractivity contribution < 1.29 is 0 Å². The van der Waals surface area contributed by atoms with Crippen LogP contribution in [0, 0.1) is 0 Å². The summed E-state index contributed by atoms with van der Waals surface area (Å²) in [5.74, 6) is 0. The Balaban J connectivity index is 2.29. The molecule has 0 bridgehead atoms. The Hall–Kier alpha value is -1.86. The molecule has 4 heteroatoms. The Labute approximate surface area is 108 Å². The lowest BCUT2D eigenvalue weighted by molar-refractivity contribution is 1.32. The van der Waals surface area contributed by atoms with Crippen LogP contribution in [0.15, 0.2) is 48.8 Å². The van der Waals surface area contributed by atoms with Crippen LogP contribution < -0.4 is 4.67 Å². The average Bonchev–Trinajstić information content (AvgIpc) is 2.86. The van der Waals surface area contributed by atoms with E-state index in [1.165, 1.54) is 16.8 Å². The summed E-state index contributed by atoms with van der Waals surface area (Å²) < 4.78 is 2.05. The molecule has 3 nitrogen and oxygen atoms in total. The second kappa shape index (κ2) is 4.43. The number of aromatic amines is 1. The lowest BCUT2D eigenvalue weighted by Crippen LogP contribution is -2.01. The summed E-state index contributed by atoms with van der Waals surface area (Å²) in [5.41, 5.74) is 4.51. The van der Waals surface area contributed by atoms with E-state index >= 15 is 0 Å². The number of H-pyrrole nitrogens is 1. The molecule has 1 atom stereocenters. The van der Waals surface area contributed by atoms with E-state index in [2.05, 4.69) is 55.8 Å². The molecular weight excluding hydrogens is 241 g/mol. The zero-order valence-corrected chi connectivity index (χ0v) is 11.2. The van der Waals surface area contributed by atoms with E-state index in [1.54, 1.807) is 0 Å². The highest BCUT2D eigenvalue weighted by Crippen LogP contribution is 2.35. The molecule has 3 rings (SSSR count). The predicted octanol–water partition coefficient (Wildman–Crippen LogP) is 3.46. The van der Waals surface area contributed by atoms with Crippen molar-refractivity contribution in [2.75, 3.05) is 11.7 Å². The van der Waals surface area contributed by atoms with E-state index in [0.717, 1.165) is 11.0 Å². The average molecular weight is 255 g/mol. The van der Waals surface area contributed by atoms with Gasteiger partial charge in [-0.1, -0.05) is 18.2 Å². The molecule has 0 fully saturated rings. The summed E-state index contributed by atoms with van der Waals surface area (Å²) in [6.45, 7) is 0. The predicted molar refractivity (Wildman–Crippen MR) is 79.6 cm³/mol. The number of aromatic nitrogens is 2. The van der Waals surface area contributed by atoms with Crippen molar-refractivity contribution in [3.05, 3.63) is 48.8 Å². The molecule has 3 aromatic rings. The first-order valence-electron chi connectivity index (χ1n) is 5.77. The molecule has 0 aliphatic rings. The fraction of sp³-hybridized carbons (Fsp3) is 0.0714. The lowest BCUT2D eigenvalue weighted by Gasteiger charge is -2.17.